The number of carboxylic acid groups (broad SMARTS) is 1. The number of aliphatic carboxylic acids is 1. The summed E-state index contributed by atoms with van der Waals surface area (Å²) in [7, 11) is 0. The molecule has 0 atom stereocenters. The molecule has 2 saturated carbocycles. The predicted molar refractivity (Wildman–Crippen MR) is 125 cm³/mol. The van der Waals surface area contributed by atoms with E-state index in [2.05, 4.69) is 5.32 Å². The second kappa shape index (κ2) is 8.94. The first kappa shape index (κ1) is 24.3. The van der Waals surface area contributed by atoms with Crippen LogP contribution >= 0.6 is 0 Å². The lowest BCUT2D eigenvalue weighted by atomic mass is 9.50. The minimum atomic E-state index is -4.42. The van der Waals surface area contributed by atoms with Gasteiger partial charge in [-0.25, -0.2) is 4.39 Å². The molecule has 0 saturated heterocycles. The van der Waals surface area contributed by atoms with Crippen LogP contribution in [-0.2, 0) is 23.9 Å². The van der Waals surface area contributed by atoms with E-state index in [4.69, 9.17) is 5.11 Å². The number of aryl methyl sites for hydroxylation is 1. The highest BCUT2D eigenvalue weighted by Crippen LogP contribution is 2.58. The van der Waals surface area contributed by atoms with Gasteiger partial charge in [0.05, 0.1) is 23.6 Å². The topological polar surface area (TPSA) is 71.3 Å². The van der Waals surface area contributed by atoms with Crippen molar-refractivity contribution in [1.82, 2.24) is 9.88 Å². The number of carbonyl (C=O) groups excluding carboxylic acids is 1. The number of hydrogen-bond acceptors (Lipinski definition) is 2. The fourth-order valence-electron chi connectivity index (χ4n) is 5.90. The SMILES string of the molecule is O=C(NC1CC2(C1)CC(C(=O)O)C2)c1cn(CCF)c2cccc(Cc3ccc(C(F)(F)F)cc3)c12. The van der Waals surface area contributed by atoms with Crippen molar-refractivity contribution >= 4 is 22.8 Å². The highest BCUT2D eigenvalue weighted by Gasteiger charge is 2.55. The molecule has 0 unspecified atom stereocenters. The summed E-state index contributed by atoms with van der Waals surface area (Å²) in [6.45, 7) is -0.527. The molecule has 2 aromatic carbocycles. The zero-order valence-corrected chi connectivity index (χ0v) is 19.4. The van der Waals surface area contributed by atoms with E-state index in [0.29, 0.717) is 41.3 Å². The van der Waals surface area contributed by atoms with Crippen LogP contribution in [0.4, 0.5) is 17.6 Å². The number of alkyl halides is 4. The van der Waals surface area contributed by atoms with Crippen LogP contribution < -0.4 is 5.32 Å². The third-order valence-electron chi connectivity index (χ3n) is 7.64. The number of carboxylic acids is 1. The minimum Gasteiger partial charge on any atom is -0.481 e. The standard InChI is InChI=1S/C27H26F4N2O3/c28-8-9-33-15-21(24(34)32-20-13-26(14-20)11-18(12-26)25(35)36)23-17(2-1-3-22(23)33)10-16-4-6-19(7-5-16)27(29,30)31/h1-7,15,18,20H,8-14H2,(H,32,34)(H,35,36). The molecule has 1 aromatic heterocycles. The van der Waals surface area contributed by atoms with Crippen molar-refractivity contribution < 1.29 is 32.3 Å². The van der Waals surface area contributed by atoms with Gasteiger partial charge in [-0.15, -0.1) is 0 Å². The van der Waals surface area contributed by atoms with E-state index in [0.717, 1.165) is 30.5 Å². The van der Waals surface area contributed by atoms with Crippen molar-refractivity contribution in [3.05, 3.63) is 70.9 Å². The molecule has 190 valence electrons. The fraction of sp³-hybridized carbons (Fsp3) is 0.407. The molecule has 1 heterocycles. The molecule has 2 fully saturated rings. The van der Waals surface area contributed by atoms with E-state index in [1.54, 1.807) is 22.9 Å². The Bertz CT molecular complexity index is 1300. The first-order valence-electron chi connectivity index (χ1n) is 11.9. The third kappa shape index (κ3) is 4.47. The minimum absolute atomic E-state index is 0.0109. The molecule has 1 amide bonds. The van der Waals surface area contributed by atoms with Crippen molar-refractivity contribution in [2.45, 2.75) is 50.9 Å². The lowest BCUT2D eigenvalue weighted by molar-refractivity contribution is -0.155. The zero-order valence-electron chi connectivity index (χ0n) is 19.4. The van der Waals surface area contributed by atoms with Crippen LogP contribution in [0, 0.1) is 11.3 Å². The second-order valence-corrected chi connectivity index (χ2v) is 10.1. The summed E-state index contributed by atoms with van der Waals surface area (Å²) in [4.78, 5) is 24.4. The Labute approximate surface area is 205 Å². The number of aromatic nitrogens is 1. The van der Waals surface area contributed by atoms with Crippen LogP contribution in [0.2, 0.25) is 0 Å². The van der Waals surface area contributed by atoms with E-state index < -0.39 is 24.4 Å². The van der Waals surface area contributed by atoms with Crippen LogP contribution in [0.5, 0.6) is 0 Å². The maximum atomic E-state index is 13.3. The number of rotatable bonds is 7. The second-order valence-electron chi connectivity index (χ2n) is 10.1. The average molecular weight is 503 g/mol. The van der Waals surface area contributed by atoms with E-state index >= 15 is 0 Å². The highest BCUT2D eigenvalue weighted by molar-refractivity contribution is 6.08. The number of amides is 1. The molecule has 5 rings (SSSR count). The monoisotopic (exact) mass is 502 g/mol. The molecule has 2 N–H and O–H groups in total. The third-order valence-corrected chi connectivity index (χ3v) is 7.64. The summed E-state index contributed by atoms with van der Waals surface area (Å²) in [5.74, 6) is -1.35. The van der Waals surface area contributed by atoms with Gasteiger partial charge in [0.25, 0.3) is 5.91 Å². The molecule has 0 bridgehead atoms. The van der Waals surface area contributed by atoms with Crippen LogP contribution in [0.1, 0.15) is 52.7 Å². The van der Waals surface area contributed by atoms with Crippen molar-refractivity contribution in [3.8, 4) is 0 Å². The maximum Gasteiger partial charge on any atom is 0.416 e. The van der Waals surface area contributed by atoms with Gasteiger partial charge >= 0.3 is 12.1 Å². The number of hydrogen-bond donors (Lipinski definition) is 2. The van der Waals surface area contributed by atoms with Crippen LogP contribution in [0.25, 0.3) is 10.9 Å². The van der Waals surface area contributed by atoms with Gasteiger partial charge in [-0.2, -0.15) is 13.2 Å². The Morgan fingerprint density at radius 3 is 2.36 bits per heavy atom. The molecule has 36 heavy (non-hydrogen) atoms. The number of carbonyl (C=O) groups is 2. The summed E-state index contributed by atoms with van der Waals surface area (Å²) < 4.78 is 53.7. The Balaban J connectivity index is 1.38. The number of nitrogens with zero attached hydrogens (tertiary/aromatic N) is 1. The van der Waals surface area contributed by atoms with Crippen LogP contribution in [0.15, 0.2) is 48.7 Å². The summed E-state index contributed by atoms with van der Waals surface area (Å²) in [6, 6.07) is 10.3. The van der Waals surface area contributed by atoms with Gasteiger partial charge in [0.1, 0.15) is 6.67 Å². The van der Waals surface area contributed by atoms with E-state index in [1.807, 2.05) is 6.07 Å². The summed E-state index contributed by atoms with van der Waals surface area (Å²) in [6.07, 6.45) is 0.297. The maximum absolute atomic E-state index is 13.3. The van der Waals surface area contributed by atoms with E-state index in [9.17, 15) is 27.2 Å². The van der Waals surface area contributed by atoms with Gasteiger partial charge in [-0.1, -0.05) is 24.3 Å². The molecular formula is C27H26F4N2O3. The number of halogens is 4. The molecule has 9 heteroatoms. The summed E-state index contributed by atoms with van der Waals surface area (Å²) >= 11 is 0. The molecule has 0 aliphatic heterocycles. The first-order valence-corrected chi connectivity index (χ1v) is 11.9. The Morgan fingerprint density at radius 1 is 1.06 bits per heavy atom. The molecule has 5 nitrogen and oxygen atoms in total. The van der Waals surface area contributed by atoms with Gasteiger partial charge in [-0.05, 0) is 66.8 Å². The zero-order chi connectivity index (χ0) is 25.7. The molecule has 3 aromatic rings. The molecule has 2 aliphatic carbocycles. The van der Waals surface area contributed by atoms with Crippen molar-refractivity contribution in [2.75, 3.05) is 6.67 Å². The first-order chi connectivity index (χ1) is 17.1. The number of fused-ring (bicyclic) bond motifs is 1. The lowest BCUT2D eigenvalue weighted by Gasteiger charge is -2.56. The predicted octanol–water partition coefficient (Wildman–Crippen LogP) is 5.59. The lowest BCUT2D eigenvalue weighted by Crippen LogP contribution is -2.57. The summed E-state index contributed by atoms with van der Waals surface area (Å²) in [5.41, 5.74) is 1.81. The van der Waals surface area contributed by atoms with Gasteiger partial charge < -0.3 is 15.0 Å². The molecular weight excluding hydrogens is 476 g/mol. The Hall–Kier alpha value is -3.36. The van der Waals surface area contributed by atoms with Crippen LogP contribution in [-0.4, -0.2) is 34.3 Å². The number of nitrogens with one attached hydrogen (secondary N) is 1. The highest BCUT2D eigenvalue weighted by atomic mass is 19.4. The van der Waals surface area contributed by atoms with Crippen molar-refractivity contribution in [3.63, 3.8) is 0 Å². The molecule has 0 radical (unpaired) electrons. The summed E-state index contributed by atoms with van der Waals surface area (Å²) in [5, 5.41) is 12.8. The van der Waals surface area contributed by atoms with Gasteiger partial charge in [0.2, 0.25) is 0 Å². The Morgan fingerprint density at radius 2 is 1.75 bits per heavy atom. The molecule has 1 spiro atoms. The van der Waals surface area contributed by atoms with Crippen molar-refractivity contribution in [1.29, 1.82) is 0 Å². The molecule has 2 aliphatic rings. The Kier molecular flexibility index (Phi) is 6.04. The van der Waals surface area contributed by atoms with Crippen LogP contribution in [0.3, 0.4) is 0 Å². The largest absolute Gasteiger partial charge is 0.481 e. The number of benzene rings is 2. The van der Waals surface area contributed by atoms with Gasteiger partial charge in [0, 0.05) is 23.1 Å². The van der Waals surface area contributed by atoms with Crippen molar-refractivity contribution in [2.24, 2.45) is 11.3 Å². The van der Waals surface area contributed by atoms with Gasteiger partial charge in [-0.3, -0.25) is 9.59 Å². The van der Waals surface area contributed by atoms with E-state index in [-0.39, 0.29) is 29.8 Å². The normalized spacial score (nSPS) is 23.3. The average Bonchev–Trinajstić information content (AvgIpc) is 3.14. The van der Waals surface area contributed by atoms with Gasteiger partial charge in [0.15, 0.2) is 0 Å². The van der Waals surface area contributed by atoms with E-state index in [1.165, 1.54) is 12.1 Å². The fourth-order valence-corrected chi connectivity index (χ4v) is 5.90. The quantitative estimate of drug-likeness (QED) is 0.414. The smallest absolute Gasteiger partial charge is 0.416 e.